The highest BCUT2D eigenvalue weighted by Crippen LogP contribution is 2.34. The maximum absolute atomic E-state index is 5.69. The number of ether oxygens (including phenoxy) is 1. The molecular formula is C23H34IN5O. The molecule has 2 aromatic rings. The molecule has 0 spiro atoms. The van der Waals surface area contributed by atoms with Crippen molar-refractivity contribution in [2.75, 3.05) is 39.9 Å². The topological polar surface area (TPSA) is 54.7 Å². The minimum atomic E-state index is 0. The minimum Gasteiger partial charge on any atom is -0.381 e. The Kier molecular flexibility index (Phi) is 8.16. The maximum atomic E-state index is 5.69. The molecule has 1 aromatic carbocycles. The molecular weight excluding hydrogens is 489 g/mol. The second-order valence-electron chi connectivity index (χ2n) is 8.45. The van der Waals surface area contributed by atoms with Crippen LogP contribution < -0.4 is 5.32 Å². The van der Waals surface area contributed by atoms with Gasteiger partial charge in [-0.3, -0.25) is 4.99 Å². The number of benzene rings is 1. The summed E-state index contributed by atoms with van der Waals surface area (Å²) in [5, 5.41) is 3.72. The van der Waals surface area contributed by atoms with E-state index in [1.165, 1.54) is 5.56 Å². The average molecular weight is 523 g/mol. The Morgan fingerprint density at radius 3 is 2.70 bits per heavy atom. The van der Waals surface area contributed by atoms with Crippen molar-refractivity contribution < 1.29 is 4.74 Å². The van der Waals surface area contributed by atoms with E-state index in [1.54, 1.807) is 0 Å². The number of hydrogen-bond donors (Lipinski definition) is 1. The summed E-state index contributed by atoms with van der Waals surface area (Å²) in [6.07, 6.45) is 9.11. The number of halogens is 1. The van der Waals surface area contributed by atoms with Crippen molar-refractivity contribution in [2.45, 2.75) is 37.6 Å². The first-order valence-corrected chi connectivity index (χ1v) is 10.8. The monoisotopic (exact) mass is 523 g/mol. The lowest BCUT2D eigenvalue weighted by molar-refractivity contribution is 0.0510. The smallest absolute Gasteiger partial charge is 0.193 e. The van der Waals surface area contributed by atoms with Crippen molar-refractivity contribution in [2.24, 2.45) is 10.9 Å². The van der Waals surface area contributed by atoms with E-state index in [2.05, 4.69) is 68.2 Å². The molecule has 30 heavy (non-hydrogen) atoms. The third-order valence-corrected chi connectivity index (χ3v) is 6.76. The molecule has 0 bridgehead atoms. The number of nitrogens with one attached hydrogen (secondary N) is 1. The standard InChI is InChI=1S/C23H33N5O.HI/c1-19-8-12-27(16-21(19)28-13-11-25-18-28)22(24-2)26-17-23(9-14-29-15-10-23)20-6-4-3-5-7-20;/h3-7,11,13,18-19,21H,8-10,12,14-17H2,1-2H3,(H,24,26);1H. The molecule has 2 unspecified atom stereocenters. The molecule has 0 amide bonds. The van der Waals surface area contributed by atoms with E-state index in [0.717, 1.165) is 58.1 Å². The first kappa shape index (κ1) is 23.1. The normalized spacial score (nSPS) is 24.2. The Balaban J connectivity index is 0.00000256. The Morgan fingerprint density at radius 1 is 1.27 bits per heavy atom. The van der Waals surface area contributed by atoms with Crippen molar-refractivity contribution in [3.63, 3.8) is 0 Å². The van der Waals surface area contributed by atoms with Gasteiger partial charge in [0, 0.05) is 57.7 Å². The van der Waals surface area contributed by atoms with Crippen LogP contribution >= 0.6 is 24.0 Å². The van der Waals surface area contributed by atoms with E-state index in [0.29, 0.717) is 12.0 Å². The van der Waals surface area contributed by atoms with Crippen LogP contribution in [0.5, 0.6) is 0 Å². The summed E-state index contributed by atoms with van der Waals surface area (Å²) in [7, 11) is 1.89. The van der Waals surface area contributed by atoms with Crippen molar-refractivity contribution >= 4 is 29.9 Å². The van der Waals surface area contributed by atoms with E-state index < -0.39 is 0 Å². The SMILES string of the molecule is CN=C(NCC1(c2ccccc2)CCOCC1)N1CCC(C)C(n2ccnc2)C1.I. The van der Waals surface area contributed by atoms with Crippen LogP contribution in [0.4, 0.5) is 0 Å². The van der Waals surface area contributed by atoms with Crippen molar-refractivity contribution in [1.29, 1.82) is 0 Å². The average Bonchev–Trinajstić information content (AvgIpc) is 3.31. The molecule has 0 aliphatic carbocycles. The molecule has 7 heteroatoms. The largest absolute Gasteiger partial charge is 0.381 e. The van der Waals surface area contributed by atoms with Crippen LogP contribution in [0.25, 0.3) is 0 Å². The summed E-state index contributed by atoms with van der Waals surface area (Å²) in [4.78, 5) is 11.3. The second-order valence-corrected chi connectivity index (χ2v) is 8.45. The lowest BCUT2D eigenvalue weighted by Crippen LogP contribution is -2.52. The van der Waals surface area contributed by atoms with Crippen LogP contribution in [-0.2, 0) is 10.2 Å². The lowest BCUT2D eigenvalue weighted by Gasteiger charge is -2.42. The van der Waals surface area contributed by atoms with Gasteiger partial charge in [0.2, 0.25) is 0 Å². The quantitative estimate of drug-likeness (QED) is 0.377. The number of likely N-dealkylation sites (tertiary alicyclic amines) is 1. The molecule has 164 valence electrons. The Morgan fingerprint density at radius 2 is 2.03 bits per heavy atom. The van der Waals surface area contributed by atoms with Crippen LogP contribution in [0.3, 0.4) is 0 Å². The van der Waals surface area contributed by atoms with Gasteiger partial charge in [0.15, 0.2) is 5.96 Å². The summed E-state index contributed by atoms with van der Waals surface area (Å²) >= 11 is 0. The zero-order valence-corrected chi connectivity index (χ0v) is 20.4. The zero-order chi connectivity index (χ0) is 20.1. The first-order valence-electron chi connectivity index (χ1n) is 10.8. The van der Waals surface area contributed by atoms with E-state index in [4.69, 9.17) is 4.74 Å². The van der Waals surface area contributed by atoms with Crippen LogP contribution in [-0.4, -0.2) is 60.3 Å². The van der Waals surface area contributed by atoms with Gasteiger partial charge in [0.1, 0.15) is 0 Å². The fraction of sp³-hybridized carbons (Fsp3) is 0.565. The van der Waals surface area contributed by atoms with Crippen molar-refractivity contribution in [1.82, 2.24) is 19.8 Å². The van der Waals surface area contributed by atoms with Gasteiger partial charge in [-0.15, -0.1) is 24.0 Å². The van der Waals surface area contributed by atoms with E-state index in [1.807, 2.05) is 19.6 Å². The molecule has 4 rings (SSSR count). The highest BCUT2D eigenvalue weighted by Gasteiger charge is 2.35. The van der Waals surface area contributed by atoms with Gasteiger partial charge in [-0.1, -0.05) is 37.3 Å². The predicted octanol–water partition coefficient (Wildman–Crippen LogP) is 3.71. The van der Waals surface area contributed by atoms with Gasteiger partial charge in [-0.05, 0) is 30.7 Å². The summed E-state index contributed by atoms with van der Waals surface area (Å²) in [6.45, 7) is 6.85. The number of hydrogen-bond acceptors (Lipinski definition) is 3. The molecule has 2 aliphatic heterocycles. The highest BCUT2D eigenvalue weighted by atomic mass is 127. The number of guanidine groups is 1. The number of aromatic nitrogens is 2. The maximum Gasteiger partial charge on any atom is 0.193 e. The molecule has 2 saturated heterocycles. The van der Waals surface area contributed by atoms with Gasteiger partial charge in [0.25, 0.3) is 0 Å². The molecule has 2 aliphatic rings. The van der Waals surface area contributed by atoms with E-state index in [-0.39, 0.29) is 29.4 Å². The minimum absolute atomic E-state index is 0. The van der Waals surface area contributed by atoms with Crippen molar-refractivity contribution in [3.05, 3.63) is 54.6 Å². The molecule has 3 heterocycles. The highest BCUT2D eigenvalue weighted by molar-refractivity contribution is 14.0. The van der Waals surface area contributed by atoms with Gasteiger partial charge in [-0.25, -0.2) is 4.98 Å². The summed E-state index contributed by atoms with van der Waals surface area (Å²) < 4.78 is 7.93. The molecule has 6 nitrogen and oxygen atoms in total. The van der Waals surface area contributed by atoms with Gasteiger partial charge in [-0.2, -0.15) is 0 Å². The number of piperidine rings is 1. The third kappa shape index (κ3) is 4.99. The molecule has 1 N–H and O–H groups in total. The predicted molar refractivity (Wildman–Crippen MR) is 132 cm³/mol. The summed E-state index contributed by atoms with van der Waals surface area (Å²) in [5.41, 5.74) is 1.50. The molecule has 2 fully saturated rings. The van der Waals surface area contributed by atoms with Crippen LogP contribution in [0, 0.1) is 5.92 Å². The van der Waals surface area contributed by atoms with Crippen LogP contribution in [0.2, 0.25) is 0 Å². The Bertz CT molecular complexity index is 789. The molecule has 0 radical (unpaired) electrons. The van der Waals surface area contributed by atoms with Gasteiger partial charge >= 0.3 is 0 Å². The molecule has 0 saturated carbocycles. The second kappa shape index (κ2) is 10.6. The number of rotatable bonds is 4. The Labute approximate surface area is 197 Å². The number of imidazole rings is 1. The zero-order valence-electron chi connectivity index (χ0n) is 18.0. The van der Waals surface area contributed by atoms with Crippen LogP contribution in [0.15, 0.2) is 54.0 Å². The summed E-state index contributed by atoms with van der Waals surface area (Å²) in [6, 6.07) is 11.3. The number of aliphatic imine (C=N–C) groups is 1. The van der Waals surface area contributed by atoms with E-state index in [9.17, 15) is 0 Å². The fourth-order valence-electron chi connectivity index (χ4n) is 4.80. The lowest BCUT2D eigenvalue weighted by atomic mass is 9.74. The number of nitrogens with zero attached hydrogens (tertiary/aromatic N) is 4. The van der Waals surface area contributed by atoms with Crippen LogP contribution in [0.1, 0.15) is 37.8 Å². The molecule has 2 atom stereocenters. The van der Waals surface area contributed by atoms with E-state index >= 15 is 0 Å². The van der Waals surface area contributed by atoms with Gasteiger partial charge in [0.05, 0.1) is 12.4 Å². The van der Waals surface area contributed by atoms with Crippen molar-refractivity contribution in [3.8, 4) is 0 Å². The summed E-state index contributed by atoms with van der Waals surface area (Å²) in [5.74, 6) is 1.63. The first-order chi connectivity index (χ1) is 14.2. The molecule has 1 aromatic heterocycles. The Hall–Kier alpha value is -1.61. The fourth-order valence-corrected chi connectivity index (χ4v) is 4.80. The third-order valence-electron chi connectivity index (χ3n) is 6.76. The van der Waals surface area contributed by atoms with Gasteiger partial charge < -0.3 is 19.5 Å².